The third kappa shape index (κ3) is 2.09. The maximum Gasteiger partial charge on any atom is 0.254 e. The van der Waals surface area contributed by atoms with Crippen LogP contribution in [0, 0.1) is 6.92 Å². The average Bonchev–Trinajstić information content (AvgIpc) is 2.30. The number of nitrogens with zero attached hydrogens (tertiary/aromatic N) is 1. The van der Waals surface area contributed by atoms with E-state index in [1.165, 1.54) is 0 Å². The maximum absolute atomic E-state index is 12.1. The third-order valence-electron chi connectivity index (χ3n) is 2.72. The molecule has 0 atom stereocenters. The van der Waals surface area contributed by atoms with E-state index in [1.54, 1.807) is 0 Å². The van der Waals surface area contributed by atoms with Gasteiger partial charge in [0.05, 0.1) is 0 Å². The van der Waals surface area contributed by atoms with Crippen LogP contribution in [-0.4, -0.2) is 23.9 Å². The monoisotopic (exact) mass is 201 g/mol. The molecule has 15 heavy (non-hydrogen) atoms. The second-order valence-electron chi connectivity index (χ2n) is 3.83. The van der Waals surface area contributed by atoms with E-state index in [2.05, 4.69) is 12.2 Å². The van der Waals surface area contributed by atoms with Crippen LogP contribution in [0.15, 0.2) is 36.4 Å². The molecule has 0 aliphatic carbocycles. The lowest BCUT2D eigenvalue weighted by Gasteiger charge is -2.24. The summed E-state index contributed by atoms with van der Waals surface area (Å²) in [7, 11) is 0. The predicted octanol–water partition coefficient (Wildman–Crippen LogP) is 2.40. The minimum Gasteiger partial charge on any atom is -0.335 e. The Morgan fingerprint density at radius 1 is 1.27 bits per heavy atom. The van der Waals surface area contributed by atoms with Crippen LogP contribution in [0.25, 0.3) is 0 Å². The van der Waals surface area contributed by atoms with E-state index in [4.69, 9.17) is 0 Å². The molecule has 0 N–H and O–H groups in total. The van der Waals surface area contributed by atoms with Gasteiger partial charge in [-0.05, 0) is 25.0 Å². The zero-order valence-corrected chi connectivity index (χ0v) is 8.94. The fourth-order valence-corrected chi connectivity index (χ4v) is 1.81. The number of carbonyl (C=O) groups is 1. The van der Waals surface area contributed by atoms with Crippen molar-refractivity contribution in [2.75, 3.05) is 13.1 Å². The van der Waals surface area contributed by atoms with Crippen molar-refractivity contribution >= 4 is 5.91 Å². The minimum absolute atomic E-state index is 0.150. The summed E-state index contributed by atoms with van der Waals surface area (Å²) in [5.74, 6) is 0.150. The van der Waals surface area contributed by atoms with Crippen LogP contribution < -0.4 is 0 Å². The standard InChI is InChI=1S/C13H15NO/c1-11-7-3-4-8-12(11)13(15)14-9-5-2-6-10-14/h2-5,7-8H,6,9-10H2,1H3. The molecule has 1 aliphatic heterocycles. The van der Waals surface area contributed by atoms with E-state index in [0.717, 1.165) is 30.6 Å². The van der Waals surface area contributed by atoms with Crippen molar-refractivity contribution in [3.63, 3.8) is 0 Å². The van der Waals surface area contributed by atoms with E-state index < -0.39 is 0 Å². The number of aryl methyl sites for hydroxylation is 1. The molecule has 78 valence electrons. The normalized spacial score (nSPS) is 15.4. The lowest BCUT2D eigenvalue weighted by atomic mass is 10.1. The van der Waals surface area contributed by atoms with Gasteiger partial charge in [-0.2, -0.15) is 0 Å². The summed E-state index contributed by atoms with van der Waals surface area (Å²) in [6.07, 6.45) is 5.15. The lowest BCUT2D eigenvalue weighted by Crippen LogP contribution is -2.34. The predicted molar refractivity (Wildman–Crippen MR) is 60.8 cm³/mol. The first-order valence-corrected chi connectivity index (χ1v) is 5.29. The molecule has 0 radical (unpaired) electrons. The van der Waals surface area contributed by atoms with Gasteiger partial charge in [0.15, 0.2) is 0 Å². The Balaban J connectivity index is 2.20. The van der Waals surface area contributed by atoms with Crippen molar-refractivity contribution in [2.45, 2.75) is 13.3 Å². The molecule has 0 spiro atoms. The Hall–Kier alpha value is -1.57. The topological polar surface area (TPSA) is 20.3 Å². The smallest absolute Gasteiger partial charge is 0.254 e. The quantitative estimate of drug-likeness (QED) is 0.639. The number of hydrogen-bond donors (Lipinski definition) is 0. The molecule has 0 saturated carbocycles. The van der Waals surface area contributed by atoms with Gasteiger partial charge in [0.1, 0.15) is 0 Å². The highest BCUT2D eigenvalue weighted by Crippen LogP contribution is 2.12. The molecule has 1 aromatic carbocycles. The van der Waals surface area contributed by atoms with E-state index in [0.29, 0.717) is 0 Å². The van der Waals surface area contributed by atoms with E-state index in [9.17, 15) is 4.79 Å². The van der Waals surface area contributed by atoms with Crippen molar-refractivity contribution in [1.29, 1.82) is 0 Å². The summed E-state index contributed by atoms with van der Waals surface area (Å²) in [5.41, 5.74) is 1.88. The summed E-state index contributed by atoms with van der Waals surface area (Å²) < 4.78 is 0. The minimum atomic E-state index is 0.150. The summed E-state index contributed by atoms with van der Waals surface area (Å²) in [6, 6.07) is 7.76. The highest BCUT2D eigenvalue weighted by molar-refractivity contribution is 5.95. The number of benzene rings is 1. The van der Waals surface area contributed by atoms with Crippen LogP contribution in [0.4, 0.5) is 0 Å². The molecule has 1 heterocycles. The third-order valence-corrected chi connectivity index (χ3v) is 2.72. The van der Waals surface area contributed by atoms with Crippen LogP contribution in [0.5, 0.6) is 0 Å². The van der Waals surface area contributed by atoms with Crippen molar-refractivity contribution in [2.24, 2.45) is 0 Å². The van der Waals surface area contributed by atoms with E-state index in [1.807, 2.05) is 36.1 Å². The van der Waals surface area contributed by atoms with Gasteiger partial charge in [-0.15, -0.1) is 0 Å². The second-order valence-corrected chi connectivity index (χ2v) is 3.83. The Kier molecular flexibility index (Phi) is 2.86. The van der Waals surface area contributed by atoms with Crippen LogP contribution in [0.3, 0.4) is 0 Å². The first kappa shape index (κ1) is 9.97. The van der Waals surface area contributed by atoms with Crippen molar-refractivity contribution in [1.82, 2.24) is 4.90 Å². The molecular formula is C13H15NO. The molecule has 2 heteroatoms. The van der Waals surface area contributed by atoms with Crippen molar-refractivity contribution in [3.05, 3.63) is 47.5 Å². The molecular weight excluding hydrogens is 186 g/mol. The number of hydrogen-bond acceptors (Lipinski definition) is 1. The van der Waals surface area contributed by atoms with Gasteiger partial charge in [0, 0.05) is 18.7 Å². The van der Waals surface area contributed by atoms with Gasteiger partial charge >= 0.3 is 0 Å². The molecule has 2 rings (SSSR count). The average molecular weight is 201 g/mol. The van der Waals surface area contributed by atoms with Crippen molar-refractivity contribution in [3.8, 4) is 0 Å². The SMILES string of the molecule is Cc1ccccc1C(=O)N1CC=CCC1. The molecule has 0 fully saturated rings. The van der Waals surface area contributed by atoms with Crippen LogP contribution in [0.1, 0.15) is 22.3 Å². The largest absolute Gasteiger partial charge is 0.335 e. The van der Waals surface area contributed by atoms with Gasteiger partial charge < -0.3 is 4.90 Å². The van der Waals surface area contributed by atoms with E-state index in [-0.39, 0.29) is 5.91 Å². The van der Waals surface area contributed by atoms with Gasteiger partial charge in [-0.3, -0.25) is 4.79 Å². The molecule has 1 aliphatic rings. The molecule has 2 nitrogen and oxygen atoms in total. The van der Waals surface area contributed by atoms with Crippen LogP contribution in [-0.2, 0) is 0 Å². The Morgan fingerprint density at radius 2 is 2.07 bits per heavy atom. The van der Waals surface area contributed by atoms with Gasteiger partial charge in [0.25, 0.3) is 5.91 Å². The zero-order chi connectivity index (χ0) is 10.7. The van der Waals surface area contributed by atoms with Crippen molar-refractivity contribution < 1.29 is 4.79 Å². The molecule has 0 aromatic heterocycles. The number of carbonyl (C=O) groups excluding carboxylic acids is 1. The molecule has 1 aromatic rings. The highest BCUT2D eigenvalue weighted by Gasteiger charge is 2.16. The molecule has 1 amide bonds. The number of rotatable bonds is 1. The zero-order valence-electron chi connectivity index (χ0n) is 8.94. The summed E-state index contributed by atoms with van der Waals surface area (Å²) >= 11 is 0. The Morgan fingerprint density at radius 3 is 2.73 bits per heavy atom. The van der Waals surface area contributed by atoms with Gasteiger partial charge in [-0.25, -0.2) is 0 Å². The van der Waals surface area contributed by atoms with E-state index >= 15 is 0 Å². The number of amides is 1. The fourth-order valence-electron chi connectivity index (χ4n) is 1.81. The second kappa shape index (κ2) is 4.30. The summed E-state index contributed by atoms with van der Waals surface area (Å²) in [6.45, 7) is 3.56. The summed E-state index contributed by atoms with van der Waals surface area (Å²) in [4.78, 5) is 14.0. The molecule has 0 bridgehead atoms. The first-order chi connectivity index (χ1) is 7.29. The van der Waals surface area contributed by atoms with Gasteiger partial charge in [-0.1, -0.05) is 30.4 Å². The van der Waals surface area contributed by atoms with Crippen LogP contribution >= 0.6 is 0 Å². The molecule has 0 saturated heterocycles. The van der Waals surface area contributed by atoms with Crippen LogP contribution in [0.2, 0.25) is 0 Å². The lowest BCUT2D eigenvalue weighted by molar-refractivity contribution is 0.0770. The van der Waals surface area contributed by atoms with Gasteiger partial charge in [0.2, 0.25) is 0 Å². The Bertz CT molecular complexity index is 395. The fraction of sp³-hybridized carbons (Fsp3) is 0.308. The summed E-state index contributed by atoms with van der Waals surface area (Å²) in [5, 5.41) is 0. The highest BCUT2D eigenvalue weighted by atomic mass is 16.2. The molecule has 0 unspecified atom stereocenters. The first-order valence-electron chi connectivity index (χ1n) is 5.29. The maximum atomic E-state index is 12.1. The Labute approximate surface area is 90.2 Å².